The van der Waals surface area contributed by atoms with Crippen LogP contribution in [-0.2, 0) is 9.67 Å². The van der Waals surface area contributed by atoms with E-state index in [4.69, 9.17) is 27.9 Å². The number of carbonyl (C=O) groups is 1. The molecule has 1 aliphatic heterocycles. The third-order valence-corrected chi connectivity index (χ3v) is 5.88. The van der Waals surface area contributed by atoms with Crippen LogP contribution in [0.1, 0.15) is 21.5 Å². The molecule has 3 aromatic rings. The first-order valence-electron chi connectivity index (χ1n) is 7.62. The Morgan fingerprint density at radius 1 is 0.800 bits per heavy atom. The molecule has 0 radical (unpaired) electrons. The van der Waals surface area contributed by atoms with Crippen molar-refractivity contribution in [2.45, 2.75) is 9.83 Å². The molecule has 4 rings (SSSR count). The fraction of sp³-hybridized carbons (Fsp3) is 0.0500. The monoisotopic (exact) mass is 386 g/mol. The van der Waals surface area contributed by atoms with Gasteiger partial charge in [-0.15, -0.1) is 0 Å². The Labute approximate surface area is 159 Å². The number of cyclic esters (lactones) is 1. The zero-order valence-corrected chi connectivity index (χ0v) is 15.2. The highest BCUT2D eigenvalue weighted by Crippen LogP contribution is 2.52. The fourth-order valence-electron chi connectivity index (χ4n) is 2.88. The largest absolute Gasteiger partial charge is 0.435 e. The summed E-state index contributed by atoms with van der Waals surface area (Å²) in [7, 11) is 0. The van der Waals surface area contributed by atoms with Gasteiger partial charge in [-0.2, -0.15) is 0 Å². The first kappa shape index (κ1) is 16.5. The number of rotatable bonds is 3. The molecule has 0 fully saturated rings. The molecule has 2 nitrogen and oxygen atoms in total. The molecule has 0 bridgehead atoms. The van der Waals surface area contributed by atoms with Crippen LogP contribution in [0.15, 0.2) is 77.7 Å². The highest BCUT2D eigenvalue weighted by atomic mass is 35.5. The molecule has 0 unspecified atom stereocenters. The van der Waals surface area contributed by atoms with E-state index in [2.05, 4.69) is 0 Å². The number of hydrogen-bond donors (Lipinski definition) is 0. The summed E-state index contributed by atoms with van der Waals surface area (Å²) >= 11 is 13.5. The van der Waals surface area contributed by atoms with E-state index in [0.29, 0.717) is 15.6 Å². The molecule has 0 N–H and O–H groups in total. The van der Waals surface area contributed by atoms with Gasteiger partial charge in [0.05, 0.1) is 5.56 Å². The molecular weight excluding hydrogens is 375 g/mol. The summed E-state index contributed by atoms with van der Waals surface area (Å²) in [6.45, 7) is 0. The minimum atomic E-state index is -0.952. The smallest absolute Gasteiger partial charge is 0.340 e. The number of fused-ring (bicyclic) bond motifs is 1. The highest BCUT2D eigenvalue weighted by molar-refractivity contribution is 8.00. The Hall–Kier alpha value is -1.94. The highest BCUT2D eigenvalue weighted by Gasteiger charge is 2.48. The Bertz CT molecular complexity index is 939. The normalized spacial score (nSPS) is 18.7. The number of hydrogen-bond acceptors (Lipinski definition) is 3. The van der Waals surface area contributed by atoms with Crippen LogP contribution in [0, 0.1) is 0 Å². The van der Waals surface area contributed by atoms with Crippen LogP contribution in [-0.4, -0.2) is 5.97 Å². The minimum absolute atomic E-state index is 0.327. The summed E-state index contributed by atoms with van der Waals surface area (Å²) in [4.78, 5) is 12.5. The van der Waals surface area contributed by atoms with Gasteiger partial charge < -0.3 is 4.74 Å². The van der Waals surface area contributed by atoms with Crippen LogP contribution in [0.5, 0.6) is 0 Å². The summed E-state index contributed by atoms with van der Waals surface area (Å²) in [5, 5.41) is 1.29. The maximum atomic E-state index is 12.5. The first-order valence-corrected chi connectivity index (χ1v) is 9.19. The SMILES string of the molecule is O=C1O[C@](Sc2ccc(Cl)cc2)(c2ccc(Cl)cc2)c2ccccc21. The summed E-state index contributed by atoms with van der Waals surface area (Å²) < 4.78 is 5.93. The van der Waals surface area contributed by atoms with Crippen LogP contribution >= 0.6 is 35.0 Å². The van der Waals surface area contributed by atoms with Crippen molar-refractivity contribution in [3.8, 4) is 0 Å². The van der Waals surface area contributed by atoms with Gasteiger partial charge in [0, 0.05) is 26.1 Å². The Morgan fingerprint density at radius 2 is 1.40 bits per heavy atom. The molecule has 0 spiro atoms. The summed E-state index contributed by atoms with van der Waals surface area (Å²) in [5.74, 6) is -0.327. The first-order chi connectivity index (χ1) is 12.1. The maximum absolute atomic E-state index is 12.5. The second-order valence-electron chi connectivity index (χ2n) is 5.61. The fourth-order valence-corrected chi connectivity index (χ4v) is 4.39. The number of halogens is 2. The van der Waals surface area contributed by atoms with E-state index < -0.39 is 4.93 Å². The van der Waals surface area contributed by atoms with E-state index in [-0.39, 0.29) is 5.97 Å². The van der Waals surface area contributed by atoms with Gasteiger partial charge in [0.1, 0.15) is 0 Å². The van der Waals surface area contributed by atoms with Crippen LogP contribution in [0.3, 0.4) is 0 Å². The van der Waals surface area contributed by atoms with E-state index in [0.717, 1.165) is 16.0 Å². The van der Waals surface area contributed by atoms with Crippen molar-refractivity contribution in [3.63, 3.8) is 0 Å². The molecule has 1 aliphatic rings. The molecule has 25 heavy (non-hydrogen) atoms. The van der Waals surface area contributed by atoms with Crippen molar-refractivity contribution in [1.82, 2.24) is 0 Å². The third-order valence-electron chi connectivity index (χ3n) is 4.04. The Kier molecular flexibility index (Phi) is 4.24. The molecule has 124 valence electrons. The lowest BCUT2D eigenvalue weighted by molar-refractivity contribution is 0.0384. The zero-order valence-electron chi connectivity index (χ0n) is 12.9. The lowest BCUT2D eigenvalue weighted by atomic mass is 9.98. The van der Waals surface area contributed by atoms with E-state index >= 15 is 0 Å². The van der Waals surface area contributed by atoms with Crippen molar-refractivity contribution in [2.75, 3.05) is 0 Å². The zero-order chi connectivity index (χ0) is 17.4. The Morgan fingerprint density at radius 3 is 2.08 bits per heavy atom. The van der Waals surface area contributed by atoms with E-state index in [1.165, 1.54) is 11.8 Å². The maximum Gasteiger partial charge on any atom is 0.340 e. The van der Waals surface area contributed by atoms with Crippen LogP contribution in [0.2, 0.25) is 10.0 Å². The van der Waals surface area contributed by atoms with Gasteiger partial charge in [-0.3, -0.25) is 0 Å². The standard InChI is InChI=1S/C20H12Cl2O2S/c21-14-7-5-13(6-8-14)20(25-16-11-9-15(22)10-12-16)18-4-2-1-3-17(18)19(23)24-20/h1-12H/t20-/m0/s1. The van der Waals surface area contributed by atoms with Crippen LogP contribution in [0.4, 0.5) is 0 Å². The van der Waals surface area contributed by atoms with Crippen LogP contribution < -0.4 is 0 Å². The second kappa shape index (κ2) is 6.41. The van der Waals surface area contributed by atoms with Crippen molar-refractivity contribution in [3.05, 3.63) is 99.5 Å². The summed E-state index contributed by atoms with van der Waals surface area (Å²) in [5.41, 5.74) is 2.27. The number of thioether (sulfide) groups is 1. The number of carbonyl (C=O) groups excluding carboxylic acids is 1. The van der Waals surface area contributed by atoms with Gasteiger partial charge >= 0.3 is 5.97 Å². The van der Waals surface area contributed by atoms with Gasteiger partial charge in [0.25, 0.3) is 0 Å². The van der Waals surface area contributed by atoms with Crippen molar-refractivity contribution in [1.29, 1.82) is 0 Å². The van der Waals surface area contributed by atoms with Crippen molar-refractivity contribution < 1.29 is 9.53 Å². The summed E-state index contributed by atoms with van der Waals surface area (Å²) in [6, 6.07) is 22.3. The van der Waals surface area contributed by atoms with Gasteiger partial charge in [-0.25, -0.2) is 4.79 Å². The van der Waals surface area contributed by atoms with Crippen molar-refractivity contribution >= 4 is 40.9 Å². The molecule has 1 heterocycles. The molecule has 3 aromatic carbocycles. The van der Waals surface area contributed by atoms with Crippen molar-refractivity contribution in [2.24, 2.45) is 0 Å². The van der Waals surface area contributed by atoms with Gasteiger partial charge in [-0.1, -0.05) is 65.3 Å². The number of esters is 1. The number of benzene rings is 3. The lowest BCUT2D eigenvalue weighted by Crippen LogP contribution is -2.23. The molecule has 0 amide bonds. The van der Waals surface area contributed by atoms with E-state index in [1.54, 1.807) is 18.2 Å². The van der Waals surface area contributed by atoms with E-state index in [9.17, 15) is 4.79 Å². The van der Waals surface area contributed by atoms with Gasteiger partial charge in [0.15, 0.2) is 0 Å². The summed E-state index contributed by atoms with van der Waals surface area (Å²) in [6.07, 6.45) is 0. The minimum Gasteiger partial charge on any atom is -0.435 e. The molecular formula is C20H12Cl2O2S. The average Bonchev–Trinajstić information content (AvgIpc) is 2.91. The predicted octanol–water partition coefficient (Wildman–Crippen LogP) is 6.16. The van der Waals surface area contributed by atoms with Gasteiger partial charge in [0.2, 0.25) is 4.93 Å². The second-order valence-corrected chi connectivity index (χ2v) is 7.74. The molecule has 5 heteroatoms. The topological polar surface area (TPSA) is 26.3 Å². The number of ether oxygens (including phenoxy) is 1. The van der Waals surface area contributed by atoms with Crippen LogP contribution in [0.25, 0.3) is 0 Å². The molecule has 0 saturated heterocycles. The third kappa shape index (κ3) is 2.93. The predicted molar refractivity (Wildman–Crippen MR) is 101 cm³/mol. The molecule has 1 atom stereocenters. The Balaban J connectivity index is 1.89. The molecule has 0 saturated carbocycles. The molecule has 0 aliphatic carbocycles. The lowest BCUT2D eigenvalue weighted by Gasteiger charge is -2.29. The average molecular weight is 387 g/mol. The quantitative estimate of drug-likeness (QED) is 0.504. The molecule has 0 aromatic heterocycles. The van der Waals surface area contributed by atoms with E-state index in [1.807, 2.05) is 54.6 Å². The van der Waals surface area contributed by atoms with Gasteiger partial charge in [-0.05, 0) is 42.5 Å².